The Balaban J connectivity index is 1.78. The predicted molar refractivity (Wildman–Crippen MR) is 88.3 cm³/mol. The molecular formula is C18H30N2O. The molecular weight excluding hydrogens is 260 g/mol. The summed E-state index contributed by atoms with van der Waals surface area (Å²) >= 11 is 0. The van der Waals surface area contributed by atoms with Crippen molar-refractivity contribution in [1.82, 2.24) is 10.2 Å². The van der Waals surface area contributed by atoms with E-state index in [0.29, 0.717) is 0 Å². The van der Waals surface area contributed by atoms with E-state index < -0.39 is 5.60 Å². The highest BCUT2D eigenvalue weighted by Crippen LogP contribution is 2.24. The maximum Gasteiger partial charge on any atom is 0.0994 e. The highest BCUT2D eigenvalue weighted by molar-refractivity contribution is 5.21. The monoisotopic (exact) mass is 290 g/mol. The molecule has 2 rings (SSSR count). The van der Waals surface area contributed by atoms with Crippen LogP contribution in [0.4, 0.5) is 0 Å². The first-order chi connectivity index (χ1) is 10.1. The molecule has 1 aromatic rings. The van der Waals surface area contributed by atoms with Crippen LogP contribution in [0.3, 0.4) is 0 Å². The Morgan fingerprint density at radius 2 is 1.90 bits per heavy atom. The number of β-amino-alcohol motifs (C(OH)–C–C–N with tert-alkyl or cyclic N) is 1. The summed E-state index contributed by atoms with van der Waals surface area (Å²) in [5.41, 5.74) is 0.255. The van der Waals surface area contributed by atoms with E-state index in [1.165, 1.54) is 19.3 Å². The molecule has 1 aliphatic heterocycles. The van der Waals surface area contributed by atoms with Crippen LogP contribution >= 0.6 is 0 Å². The van der Waals surface area contributed by atoms with Crippen LogP contribution in [0.2, 0.25) is 0 Å². The normalized spacial score (nSPS) is 20.3. The van der Waals surface area contributed by atoms with Gasteiger partial charge in [0.25, 0.3) is 0 Å². The molecule has 118 valence electrons. The third kappa shape index (κ3) is 5.10. The summed E-state index contributed by atoms with van der Waals surface area (Å²) < 4.78 is 0. The van der Waals surface area contributed by atoms with E-state index in [-0.39, 0.29) is 0 Å². The molecule has 3 nitrogen and oxygen atoms in total. The van der Waals surface area contributed by atoms with Gasteiger partial charge in [-0.3, -0.25) is 0 Å². The van der Waals surface area contributed by atoms with Crippen LogP contribution in [0.5, 0.6) is 0 Å². The minimum Gasteiger partial charge on any atom is -0.384 e. The molecule has 3 heteroatoms. The van der Waals surface area contributed by atoms with E-state index >= 15 is 0 Å². The zero-order valence-corrected chi connectivity index (χ0v) is 13.5. The number of aliphatic hydroxyl groups is 1. The topological polar surface area (TPSA) is 35.5 Å². The molecule has 1 aliphatic rings. The molecule has 0 bridgehead atoms. The van der Waals surface area contributed by atoms with Gasteiger partial charge in [0.15, 0.2) is 0 Å². The molecule has 1 heterocycles. The second-order valence-corrected chi connectivity index (χ2v) is 6.56. The van der Waals surface area contributed by atoms with Crippen LogP contribution in [-0.4, -0.2) is 42.7 Å². The standard InChI is InChI=1S/C18H30N2O/c1-3-11-19-14-16-9-12-20(13-10-16)15-18(2,21)17-7-5-4-6-8-17/h4-8,16,19,21H,3,9-15H2,1-2H3. The van der Waals surface area contributed by atoms with Crippen molar-refractivity contribution < 1.29 is 5.11 Å². The molecule has 1 unspecified atom stereocenters. The van der Waals surface area contributed by atoms with Crippen molar-refractivity contribution in [2.24, 2.45) is 5.92 Å². The van der Waals surface area contributed by atoms with Gasteiger partial charge >= 0.3 is 0 Å². The quantitative estimate of drug-likeness (QED) is 0.758. The van der Waals surface area contributed by atoms with Crippen LogP contribution in [0.25, 0.3) is 0 Å². The predicted octanol–water partition coefficient (Wildman–Crippen LogP) is 2.61. The van der Waals surface area contributed by atoms with Crippen molar-refractivity contribution in [1.29, 1.82) is 0 Å². The van der Waals surface area contributed by atoms with Gasteiger partial charge in [-0.2, -0.15) is 0 Å². The van der Waals surface area contributed by atoms with Gasteiger partial charge in [0.2, 0.25) is 0 Å². The average molecular weight is 290 g/mol. The maximum atomic E-state index is 10.7. The summed E-state index contributed by atoms with van der Waals surface area (Å²) in [4.78, 5) is 2.41. The lowest BCUT2D eigenvalue weighted by Gasteiger charge is -2.37. The number of nitrogens with one attached hydrogen (secondary N) is 1. The molecule has 0 aliphatic carbocycles. The first-order valence-electron chi connectivity index (χ1n) is 8.33. The second-order valence-electron chi connectivity index (χ2n) is 6.56. The van der Waals surface area contributed by atoms with Gasteiger partial charge < -0.3 is 15.3 Å². The van der Waals surface area contributed by atoms with Crippen molar-refractivity contribution in [3.8, 4) is 0 Å². The molecule has 0 aromatic heterocycles. The Labute approximate surface area is 129 Å². The molecule has 1 atom stereocenters. The first kappa shape index (κ1) is 16.5. The van der Waals surface area contributed by atoms with E-state index in [9.17, 15) is 5.11 Å². The summed E-state index contributed by atoms with van der Waals surface area (Å²) in [7, 11) is 0. The van der Waals surface area contributed by atoms with Gasteiger partial charge in [0.05, 0.1) is 5.60 Å². The molecule has 21 heavy (non-hydrogen) atoms. The van der Waals surface area contributed by atoms with Crippen molar-refractivity contribution in [2.45, 2.75) is 38.7 Å². The fourth-order valence-corrected chi connectivity index (χ4v) is 3.16. The van der Waals surface area contributed by atoms with Gasteiger partial charge in [0, 0.05) is 6.54 Å². The van der Waals surface area contributed by atoms with Crippen LogP contribution in [0.15, 0.2) is 30.3 Å². The number of hydrogen-bond donors (Lipinski definition) is 2. The molecule has 0 spiro atoms. The highest BCUT2D eigenvalue weighted by Gasteiger charge is 2.28. The zero-order chi connectivity index (χ0) is 15.1. The van der Waals surface area contributed by atoms with E-state index in [1.807, 2.05) is 37.3 Å². The SMILES string of the molecule is CCCNCC1CCN(CC(C)(O)c2ccccc2)CC1. The van der Waals surface area contributed by atoms with Crippen LogP contribution in [0.1, 0.15) is 38.7 Å². The zero-order valence-electron chi connectivity index (χ0n) is 13.5. The van der Waals surface area contributed by atoms with Crippen molar-refractivity contribution in [3.05, 3.63) is 35.9 Å². The number of rotatable bonds is 7. The van der Waals surface area contributed by atoms with Crippen molar-refractivity contribution in [3.63, 3.8) is 0 Å². The van der Waals surface area contributed by atoms with Gasteiger partial charge in [-0.25, -0.2) is 0 Å². The molecule has 1 fully saturated rings. The Morgan fingerprint density at radius 1 is 1.24 bits per heavy atom. The minimum absolute atomic E-state index is 0.728. The first-order valence-corrected chi connectivity index (χ1v) is 8.33. The molecule has 0 radical (unpaired) electrons. The molecule has 0 saturated carbocycles. The van der Waals surface area contributed by atoms with Crippen molar-refractivity contribution >= 4 is 0 Å². The summed E-state index contributed by atoms with van der Waals surface area (Å²) in [5, 5.41) is 14.2. The number of nitrogens with zero attached hydrogens (tertiary/aromatic N) is 1. The maximum absolute atomic E-state index is 10.7. The highest BCUT2D eigenvalue weighted by atomic mass is 16.3. The second kappa shape index (κ2) is 7.92. The Morgan fingerprint density at radius 3 is 2.52 bits per heavy atom. The summed E-state index contributed by atoms with van der Waals surface area (Å²) in [6.07, 6.45) is 3.68. The summed E-state index contributed by atoms with van der Waals surface area (Å²) in [5.74, 6) is 0.800. The molecule has 1 aromatic carbocycles. The Kier molecular flexibility index (Phi) is 6.22. The van der Waals surface area contributed by atoms with Gasteiger partial charge in [-0.05, 0) is 63.8 Å². The Bertz CT molecular complexity index is 397. The third-order valence-electron chi connectivity index (χ3n) is 4.49. The van der Waals surface area contributed by atoms with E-state index in [4.69, 9.17) is 0 Å². The number of hydrogen-bond acceptors (Lipinski definition) is 3. The lowest BCUT2D eigenvalue weighted by molar-refractivity contribution is 0.00579. The van der Waals surface area contributed by atoms with Gasteiger partial charge in [-0.1, -0.05) is 37.3 Å². The summed E-state index contributed by atoms with van der Waals surface area (Å²) in [6.45, 7) is 9.34. The number of likely N-dealkylation sites (tertiary alicyclic amines) is 1. The van der Waals surface area contributed by atoms with E-state index in [1.54, 1.807) is 0 Å². The fraction of sp³-hybridized carbons (Fsp3) is 0.667. The van der Waals surface area contributed by atoms with Crippen LogP contribution in [0, 0.1) is 5.92 Å². The number of piperidine rings is 1. The molecule has 2 N–H and O–H groups in total. The third-order valence-corrected chi connectivity index (χ3v) is 4.49. The van der Waals surface area contributed by atoms with E-state index in [2.05, 4.69) is 17.1 Å². The average Bonchev–Trinajstić information content (AvgIpc) is 2.50. The summed E-state index contributed by atoms with van der Waals surface area (Å²) in [6, 6.07) is 10.0. The van der Waals surface area contributed by atoms with Crippen molar-refractivity contribution in [2.75, 3.05) is 32.7 Å². The minimum atomic E-state index is -0.755. The van der Waals surface area contributed by atoms with Crippen LogP contribution < -0.4 is 5.32 Å². The van der Waals surface area contributed by atoms with Gasteiger partial charge in [-0.15, -0.1) is 0 Å². The smallest absolute Gasteiger partial charge is 0.0994 e. The largest absolute Gasteiger partial charge is 0.384 e. The lowest BCUT2D eigenvalue weighted by atomic mass is 9.92. The fourth-order valence-electron chi connectivity index (χ4n) is 3.16. The lowest BCUT2D eigenvalue weighted by Crippen LogP contribution is -2.44. The van der Waals surface area contributed by atoms with E-state index in [0.717, 1.165) is 44.2 Å². The Hall–Kier alpha value is -0.900. The molecule has 1 saturated heterocycles. The van der Waals surface area contributed by atoms with Gasteiger partial charge in [0.1, 0.15) is 0 Å². The van der Waals surface area contributed by atoms with Crippen LogP contribution in [-0.2, 0) is 5.60 Å². The number of benzene rings is 1. The molecule has 0 amide bonds.